The summed E-state index contributed by atoms with van der Waals surface area (Å²) in [5, 5.41) is 2.90. The summed E-state index contributed by atoms with van der Waals surface area (Å²) in [4.78, 5) is 11.5. The molecule has 94 valence electrons. The summed E-state index contributed by atoms with van der Waals surface area (Å²) in [6, 6.07) is -0.372. The Bertz CT molecular complexity index is 204. The highest BCUT2D eigenvalue weighted by Gasteiger charge is 2.21. The molecular weight excluding hydrogens is 210 g/mol. The molecule has 5 heteroatoms. The lowest BCUT2D eigenvalue weighted by Crippen LogP contribution is -2.41. The minimum absolute atomic E-state index is 0.207. The third kappa shape index (κ3) is 4.47. The highest BCUT2D eigenvalue weighted by atomic mass is 16.5. The van der Waals surface area contributed by atoms with Crippen molar-refractivity contribution < 1.29 is 19.0 Å². The van der Waals surface area contributed by atoms with E-state index in [2.05, 4.69) is 5.32 Å². The van der Waals surface area contributed by atoms with Gasteiger partial charge in [-0.1, -0.05) is 0 Å². The Morgan fingerprint density at radius 3 is 2.75 bits per heavy atom. The van der Waals surface area contributed by atoms with Crippen LogP contribution in [-0.2, 0) is 19.0 Å². The zero-order valence-electron chi connectivity index (χ0n) is 10.0. The first-order chi connectivity index (χ1) is 7.77. The van der Waals surface area contributed by atoms with Crippen LogP contribution in [0.4, 0.5) is 0 Å². The molecule has 1 N–H and O–H groups in total. The maximum absolute atomic E-state index is 11.5. The fraction of sp³-hybridized carbons (Fsp3) is 0.909. The van der Waals surface area contributed by atoms with E-state index in [0.717, 1.165) is 26.1 Å². The number of carbonyl (C=O) groups excluding carboxylic acids is 1. The van der Waals surface area contributed by atoms with Crippen molar-refractivity contribution in [2.24, 2.45) is 0 Å². The van der Waals surface area contributed by atoms with E-state index in [1.807, 2.05) is 0 Å². The Hall–Kier alpha value is -0.650. The quantitative estimate of drug-likeness (QED) is 0.668. The molecule has 1 saturated heterocycles. The minimum atomic E-state index is -0.372. The summed E-state index contributed by atoms with van der Waals surface area (Å²) in [5.41, 5.74) is 0. The third-order valence-electron chi connectivity index (χ3n) is 2.59. The number of esters is 1. The zero-order valence-corrected chi connectivity index (χ0v) is 10.0. The van der Waals surface area contributed by atoms with E-state index >= 15 is 0 Å². The molecule has 1 rings (SSSR count). The summed E-state index contributed by atoms with van der Waals surface area (Å²) in [5.74, 6) is -0.253. The van der Waals surface area contributed by atoms with Crippen molar-refractivity contribution >= 4 is 5.97 Å². The molecule has 0 amide bonds. The van der Waals surface area contributed by atoms with E-state index in [9.17, 15) is 4.79 Å². The van der Waals surface area contributed by atoms with Gasteiger partial charge in [-0.15, -0.1) is 0 Å². The average Bonchev–Trinajstić information content (AvgIpc) is 2.31. The third-order valence-corrected chi connectivity index (χ3v) is 2.59. The Balaban J connectivity index is 2.24. The van der Waals surface area contributed by atoms with E-state index in [0.29, 0.717) is 13.2 Å². The average molecular weight is 231 g/mol. The molecule has 0 radical (unpaired) electrons. The molecule has 0 aromatic carbocycles. The largest absolute Gasteiger partial charge is 0.465 e. The van der Waals surface area contributed by atoms with Crippen molar-refractivity contribution in [3.05, 3.63) is 0 Å². The van der Waals surface area contributed by atoms with Gasteiger partial charge in [0.1, 0.15) is 6.04 Å². The van der Waals surface area contributed by atoms with Crippen LogP contribution in [0.15, 0.2) is 0 Å². The van der Waals surface area contributed by atoms with E-state index in [1.54, 1.807) is 14.0 Å². The number of carbonyl (C=O) groups is 1. The first-order valence-electron chi connectivity index (χ1n) is 5.81. The van der Waals surface area contributed by atoms with Crippen LogP contribution in [0.5, 0.6) is 0 Å². The van der Waals surface area contributed by atoms with E-state index in [-0.39, 0.29) is 18.1 Å². The van der Waals surface area contributed by atoms with Crippen LogP contribution >= 0.6 is 0 Å². The first-order valence-corrected chi connectivity index (χ1v) is 5.81. The predicted molar refractivity (Wildman–Crippen MR) is 59.3 cm³/mol. The molecule has 16 heavy (non-hydrogen) atoms. The lowest BCUT2D eigenvalue weighted by atomic mass is 10.1. The summed E-state index contributed by atoms with van der Waals surface area (Å²) in [6.07, 6.45) is 2.01. The SMILES string of the molecule is CCOC(=O)C(COC1CCOCC1)NC. The van der Waals surface area contributed by atoms with Gasteiger partial charge in [-0.05, 0) is 26.8 Å². The normalized spacial score (nSPS) is 19.4. The molecule has 1 fully saturated rings. The van der Waals surface area contributed by atoms with E-state index in [1.165, 1.54) is 0 Å². The van der Waals surface area contributed by atoms with E-state index in [4.69, 9.17) is 14.2 Å². The van der Waals surface area contributed by atoms with Gasteiger partial charge in [0.15, 0.2) is 0 Å². The fourth-order valence-electron chi connectivity index (χ4n) is 1.59. The van der Waals surface area contributed by atoms with Gasteiger partial charge >= 0.3 is 5.97 Å². The zero-order chi connectivity index (χ0) is 11.8. The second-order valence-corrected chi connectivity index (χ2v) is 3.74. The number of ether oxygens (including phenoxy) is 3. The molecule has 0 aromatic heterocycles. The summed E-state index contributed by atoms with van der Waals surface area (Å²) in [7, 11) is 1.73. The van der Waals surface area contributed by atoms with Gasteiger partial charge in [0.2, 0.25) is 0 Å². The number of rotatable bonds is 6. The van der Waals surface area contributed by atoms with Gasteiger partial charge in [-0.2, -0.15) is 0 Å². The van der Waals surface area contributed by atoms with Gasteiger partial charge in [0, 0.05) is 13.2 Å². The van der Waals surface area contributed by atoms with Gasteiger partial charge in [0.25, 0.3) is 0 Å². The van der Waals surface area contributed by atoms with Crippen LogP contribution in [-0.4, -0.2) is 51.6 Å². The Kier molecular flexibility index (Phi) is 6.37. The van der Waals surface area contributed by atoms with Gasteiger partial charge in [-0.25, -0.2) is 0 Å². The number of hydrogen-bond acceptors (Lipinski definition) is 5. The molecule has 0 aromatic rings. The summed E-state index contributed by atoms with van der Waals surface area (Å²) in [6.45, 7) is 4.04. The van der Waals surface area contributed by atoms with Gasteiger partial charge < -0.3 is 19.5 Å². The Labute approximate surface area is 96.4 Å². The second kappa shape index (κ2) is 7.60. The highest BCUT2D eigenvalue weighted by Crippen LogP contribution is 2.10. The van der Waals surface area contributed by atoms with Gasteiger partial charge in [-0.3, -0.25) is 4.79 Å². The molecular formula is C11H21NO4. The lowest BCUT2D eigenvalue weighted by Gasteiger charge is -2.24. The molecule has 0 bridgehead atoms. The Morgan fingerprint density at radius 1 is 1.50 bits per heavy atom. The van der Waals surface area contributed by atoms with Crippen LogP contribution in [0.2, 0.25) is 0 Å². The van der Waals surface area contributed by atoms with Crippen molar-refractivity contribution in [1.29, 1.82) is 0 Å². The van der Waals surface area contributed by atoms with Crippen molar-refractivity contribution in [2.75, 3.05) is 33.5 Å². The number of nitrogens with one attached hydrogen (secondary N) is 1. The van der Waals surface area contributed by atoms with Crippen LogP contribution in [0.3, 0.4) is 0 Å². The van der Waals surface area contributed by atoms with Crippen LogP contribution in [0, 0.1) is 0 Å². The molecule has 1 atom stereocenters. The molecule has 0 spiro atoms. The standard InChI is InChI=1S/C11H21NO4/c1-3-15-11(13)10(12-2)8-16-9-4-6-14-7-5-9/h9-10,12H,3-8H2,1-2H3. The van der Waals surface area contributed by atoms with Crippen molar-refractivity contribution in [3.8, 4) is 0 Å². The number of likely N-dealkylation sites (N-methyl/N-ethyl adjacent to an activating group) is 1. The molecule has 0 saturated carbocycles. The predicted octanol–water partition coefficient (Wildman–Crippen LogP) is 0.333. The summed E-state index contributed by atoms with van der Waals surface area (Å²) >= 11 is 0. The maximum Gasteiger partial charge on any atom is 0.325 e. The molecule has 1 heterocycles. The van der Waals surface area contributed by atoms with Crippen LogP contribution < -0.4 is 5.32 Å². The highest BCUT2D eigenvalue weighted by molar-refractivity contribution is 5.75. The van der Waals surface area contributed by atoms with Crippen LogP contribution in [0.25, 0.3) is 0 Å². The molecule has 1 aliphatic rings. The smallest absolute Gasteiger partial charge is 0.325 e. The van der Waals surface area contributed by atoms with Gasteiger partial charge in [0.05, 0.1) is 19.3 Å². The van der Waals surface area contributed by atoms with E-state index < -0.39 is 0 Å². The molecule has 5 nitrogen and oxygen atoms in total. The monoisotopic (exact) mass is 231 g/mol. The molecule has 1 aliphatic heterocycles. The topological polar surface area (TPSA) is 56.8 Å². The number of hydrogen-bond donors (Lipinski definition) is 1. The minimum Gasteiger partial charge on any atom is -0.465 e. The lowest BCUT2D eigenvalue weighted by molar-refractivity contribution is -0.148. The Morgan fingerprint density at radius 2 is 2.19 bits per heavy atom. The van der Waals surface area contributed by atoms with Crippen LogP contribution in [0.1, 0.15) is 19.8 Å². The van der Waals surface area contributed by atoms with Crippen molar-refractivity contribution in [1.82, 2.24) is 5.32 Å². The van der Waals surface area contributed by atoms with Crippen molar-refractivity contribution in [3.63, 3.8) is 0 Å². The van der Waals surface area contributed by atoms with Crippen molar-refractivity contribution in [2.45, 2.75) is 31.9 Å². The first kappa shape index (κ1) is 13.4. The maximum atomic E-state index is 11.5. The summed E-state index contributed by atoms with van der Waals surface area (Å²) < 4.78 is 15.8. The second-order valence-electron chi connectivity index (χ2n) is 3.74. The molecule has 1 unspecified atom stereocenters. The molecule has 0 aliphatic carbocycles. The fourth-order valence-corrected chi connectivity index (χ4v) is 1.59.